The largest absolute Gasteiger partial charge is 0.481 e. The summed E-state index contributed by atoms with van der Waals surface area (Å²) in [5, 5.41) is 14.0. The molecule has 0 radical (unpaired) electrons. The van der Waals surface area contributed by atoms with Crippen molar-refractivity contribution in [2.24, 2.45) is 0 Å². The number of rotatable bonds is 9. The number of nitrogens with zero attached hydrogens (tertiary/aromatic N) is 1. The Labute approximate surface area is 113 Å². The van der Waals surface area contributed by atoms with Gasteiger partial charge in [0.2, 0.25) is 11.8 Å². The molecule has 0 aliphatic rings. The average molecular weight is 273 g/mol. The first-order valence-electron chi connectivity index (χ1n) is 6.33. The summed E-state index contributed by atoms with van der Waals surface area (Å²) in [6, 6.07) is -0.191. The molecule has 19 heavy (non-hydrogen) atoms. The van der Waals surface area contributed by atoms with Gasteiger partial charge in [0.05, 0.1) is 13.0 Å². The smallest absolute Gasteiger partial charge is 0.304 e. The van der Waals surface area contributed by atoms with Crippen molar-refractivity contribution >= 4 is 17.8 Å². The number of amides is 2. The van der Waals surface area contributed by atoms with Gasteiger partial charge in [0.25, 0.3) is 0 Å². The van der Waals surface area contributed by atoms with Crippen molar-refractivity contribution in [1.29, 1.82) is 0 Å². The van der Waals surface area contributed by atoms with Crippen LogP contribution in [0.4, 0.5) is 0 Å². The second kappa shape index (κ2) is 9.32. The van der Waals surface area contributed by atoms with Gasteiger partial charge >= 0.3 is 5.97 Å². The van der Waals surface area contributed by atoms with E-state index in [2.05, 4.69) is 10.6 Å². The lowest BCUT2D eigenvalue weighted by atomic mass is 10.2. The highest BCUT2D eigenvalue weighted by molar-refractivity contribution is 5.78. The molecule has 0 rings (SSSR count). The molecule has 0 aromatic rings. The van der Waals surface area contributed by atoms with Crippen molar-refractivity contribution < 1.29 is 19.5 Å². The lowest BCUT2D eigenvalue weighted by Crippen LogP contribution is -2.44. The van der Waals surface area contributed by atoms with Crippen molar-refractivity contribution in [3.05, 3.63) is 0 Å². The summed E-state index contributed by atoms with van der Waals surface area (Å²) in [6.45, 7) is 6.58. The highest BCUT2D eigenvalue weighted by atomic mass is 16.4. The fourth-order valence-corrected chi connectivity index (χ4v) is 1.64. The van der Waals surface area contributed by atoms with Crippen LogP contribution in [0.1, 0.15) is 27.2 Å². The van der Waals surface area contributed by atoms with E-state index in [1.54, 1.807) is 11.8 Å². The van der Waals surface area contributed by atoms with E-state index in [1.807, 2.05) is 6.92 Å². The van der Waals surface area contributed by atoms with Crippen molar-refractivity contribution in [3.63, 3.8) is 0 Å². The lowest BCUT2D eigenvalue weighted by Gasteiger charge is -2.25. The van der Waals surface area contributed by atoms with Gasteiger partial charge in [0, 0.05) is 26.1 Å². The maximum atomic E-state index is 11.6. The third-order valence-electron chi connectivity index (χ3n) is 2.67. The fourth-order valence-electron chi connectivity index (χ4n) is 1.64. The fraction of sp³-hybridized carbons (Fsp3) is 0.750. The maximum Gasteiger partial charge on any atom is 0.304 e. The first kappa shape index (κ1) is 17.4. The molecule has 0 heterocycles. The van der Waals surface area contributed by atoms with Crippen molar-refractivity contribution in [2.75, 3.05) is 26.2 Å². The van der Waals surface area contributed by atoms with E-state index in [4.69, 9.17) is 5.11 Å². The van der Waals surface area contributed by atoms with Crippen LogP contribution in [0.15, 0.2) is 0 Å². The monoisotopic (exact) mass is 273 g/mol. The number of carboxylic acids is 1. The molecular weight excluding hydrogens is 250 g/mol. The zero-order chi connectivity index (χ0) is 14.8. The van der Waals surface area contributed by atoms with E-state index < -0.39 is 5.97 Å². The summed E-state index contributed by atoms with van der Waals surface area (Å²) in [7, 11) is 0. The Kier molecular flexibility index (Phi) is 8.52. The van der Waals surface area contributed by atoms with Crippen LogP contribution >= 0.6 is 0 Å². The molecule has 0 aromatic heterocycles. The minimum atomic E-state index is -0.878. The third kappa shape index (κ3) is 9.01. The second-order valence-corrected chi connectivity index (χ2v) is 4.34. The van der Waals surface area contributed by atoms with Crippen molar-refractivity contribution in [2.45, 2.75) is 33.2 Å². The minimum Gasteiger partial charge on any atom is -0.481 e. The highest BCUT2D eigenvalue weighted by Gasteiger charge is 2.17. The summed E-state index contributed by atoms with van der Waals surface area (Å²) in [4.78, 5) is 34.7. The zero-order valence-corrected chi connectivity index (χ0v) is 11.7. The molecule has 7 nitrogen and oxygen atoms in total. The predicted molar refractivity (Wildman–Crippen MR) is 70.7 cm³/mol. The number of nitrogens with one attached hydrogen (secondary N) is 2. The van der Waals surface area contributed by atoms with Crippen LogP contribution in [0.3, 0.4) is 0 Å². The van der Waals surface area contributed by atoms with Gasteiger partial charge in [0.1, 0.15) is 0 Å². The molecule has 0 aliphatic heterocycles. The number of carbonyl (C=O) groups is 3. The van der Waals surface area contributed by atoms with Gasteiger partial charge in [-0.2, -0.15) is 0 Å². The van der Waals surface area contributed by atoms with Crippen LogP contribution in [0, 0.1) is 0 Å². The molecule has 110 valence electrons. The molecule has 1 atom stereocenters. The van der Waals surface area contributed by atoms with Crippen LogP contribution in [0.25, 0.3) is 0 Å². The predicted octanol–water partition coefficient (Wildman–Crippen LogP) is -0.576. The van der Waals surface area contributed by atoms with Gasteiger partial charge in [-0.15, -0.1) is 0 Å². The molecule has 7 heteroatoms. The van der Waals surface area contributed by atoms with E-state index in [0.29, 0.717) is 19.6 Å². The normalized spacial score (nSPS) is 12.0. The summed E-state index contributed by atoms with van der Waals surface area (Å²) in [6.07, 6.45) is 0.00696. The summed E-state index contributed by atoms with van der Waals surface area (Å²) >= 11 is 0. The number of hydrogen-bond acceptors (Lipinski definition) is 4. The Bertz CT molecular complexity index is 320. The quantitative estimate of drug-likeness (QED) is 0.488. The number of carboxylic acid groups (broad SMARTS) is 1. The first-order valence-corrected chi connectivity index (χ1v) is 6.33. The van der Waals surface area contributed by atoms with Crippen molar-refractivity contribution in [1.82, 2.24) is 15.5 Å². The number of likely N-dealkylation sites (N-methyl/N-ethyl adjacent to an activating group) is 1. The number of carbonyl (C=O) groups excluding carboxylic acids is 2. The van der Waals surface area contributed by atoms with E-state index >= 15 is 0 Å². The maximum absolute atomic E-state index is 11.6. The van der Waals surface area contributed by atoms with Gasteiger partial charge in [-0.3, -0.25) is 19.3 Å². The van der Waals surface area contributed by atoms with Gasteiger partial charge in [0.15, 0.2) is 0 Å². The molecule has 1 unspecified atom stereocenters. The van der Waals surface area contributed by atoms with E-state index in [1.165, 1.54) is 6.92 Å². The Morgan fingerprint density at radius 2 is 1.79 bits per heavy atom. The minimum absolute atomic E-state index is 0.00696. The molecule has 0 saturated heterocycles. The Morgan fingerprint density at radius 1 is 1.21 bits per heavy atom. The summed E-state index contributed by atoms with van der Waals surface area (Å²) in [5.41, 5.74) is 0. The number of hydrogen-bond donors (Lipinski definition) is 3. The van der Waals surface area contributed by atoms with Gasteiger partial charge < -0.3 is 15.7 Å². The molecule has 2 amide bonds. The molecular formula is C12H23N3O4. The van der Waals surface area contributed by atoms with Crippen LogP contribution < -0.4 is 10.6 Å². The zero-order valence-electron chi connectivity index (χ0n) is 11.7. The standard InChI is InChI=1S/C12H23N3O4/c1-4-15(9(2)7-12(18)19)8-11(17)14-6-5-13-10(3)16/h9H,4-8H2,1-3H3,(H,13,16)(H,14,17)(H,18,19). The van der Waals surface area contributed by atoms with E-state index in [9.17, 15) is 14.4 Å². The van der Waals surface area contributed by atoms with Gasteiger partial charge in [-0.25, -0.2) is 0 Å². The molecule has 0 aromatic carbocycles. The average Bonchev–Trinajstić information content (AvgIpc) is 2.30. The molecule has 0 spiro atoms. The van der Waals surface area contributed by atoms with E-state index in [-0.39, 0.29) is 30.8 Å². The van der Waals surface area contributed by atoms with E-state index in [0.717, 1.165) is 0 Å². The van der Waals surface area contributed by atoms with Crippen LogP contribution in [-0.2, 0) is 14.4 Å². The van der Waals surface area contributed by atoms with Gasteiger partial charge in [-0.1, -0.05) is 6.92 Å². The van der Waals surface area contributed by atoms with Gasteiger partial charge in [-0.05, 0) is 13.5 Å². The Balaban J connectivity index is 3.99. The number of aliphatic carboxylic acids is 1. The lowest BCUT2D eigenvalue weighted by molar-refractivity contribution is -0.138. The Morgan fingerprint density at radius 3 is 2.26 bits per heavy atom. The third-order valence-corrected chi connectivity index (χ3v) is 2.67. The van der Waals surface area contributed by atoms with Crippen LogP contribution in [-0.4, -0.2) is 60.0 Å². The first-order chi connectivity index (χ1) is 8.86. The molecule has 3 N–H and O–H groups in total. The Hall–Kier alpha value is -1.63. The van der Waals surface area contributed by atoms with Crippen molar-refractivity contribution in [3.8, 4) is 0 Å². The molecule has 0 bridgehead atoms. The molecule has 0 aliphatic carbocycles. The van der Waals surface area contributed by atoms with Crippen LogP contribution in [0.5, 0.6) is 0 Å². The topological polar surface area (TPSA) is 98.7 Å². The van der Waals surface area contributed by atoms with Crippen LogP contribution in [0.2, 0.25) is 0 Å². The SMILES string of the molecule is CCN(CC(=O)NCCNC(C)=O)C(C)CC(=O)O. The highest BCUT2D eigenvalue weighted by Crippen LogP contribution is 2.02. The second-order valence-electron chi connectivity index (χ2n) is 4.34. The summed E-state index contributed by atoms with van der Waals surface area (Å²) < 4.78 is 0. The molecule has 0 fully saturated rings. The summed E-state index contributed by atoms with van der Waals surface area (Å²) in [5.74, 6) is -1.19. The molecule has 0 saturated carbocycles.